The lowest BCUT2D eigenvalue weighted by Crippen LogP contribution is -2.14. The van der Waals surface area contributed by atoms with Crippen LogP contribution >= 0.6 is 0 Å². The van der Waals surface area contributed by atoms with Crippen LogP contribution < -0.4 is 15.0 Å². The minimum atomic E-state index is 0.653. The molecule has 0 spiro atoms. The first-order valence-electron chi connectivity index (χ1n) is 6.00. The van der Waals surface area contributed by atoms with Crippen LogP contribution in [-0.2, 0) is 0 Å². The third-order valence-electron chi connectivity index (χ3n) is 2.59. The molecule has 1 rings (SSSR count). The standard InChI is InChI=1S/C13H23N3O/c1-10(2)6-8-14-12-11(16(3)4)7-9-15-13(12)17-5/h7,9-10,14H,6,8H2,1-5H3. The quantitative estimate of drug-likeness (QED) is 0.825. The Hall–Kier alpha value is -1.45. The highest BCUT2D eigenvalue weighted by Crippen LogP contribution is 2.31. The van der Waals surface area contributed by atoms with Crippen molar-refractivity contribution in [2.24, 2.45) is 5.92 Å². The Labute approximate surface area is 104 Å². The summed E-state index contributed by atoms with van der Waals surface area (Å²) in [6, 6.07) is 1.99. The molecule has 96 valence electrons. The van der Waals surface area contributed by atoms with Crippen LogP contribution in [0.15, 0.2) is 12.3 Å². The second-order valence-corrected chi connectivity index (χ2v) is 4.72. The second-order valence-electron chi connectivity index (χ2n) is 4.72. The second kappa shape index (κ2) is 6.33. The van der Waals surface area contributed by atoms with Crippen molar-refractivity contribution in [2.75, 3.05) is 38.0 Å². The zero-order valence-electron chi connectivity index (χ0n) is 11.4. The largest absolute Gasteiger partial charge is 0.479 e. The summed E-state index contributed by atoms with van der Waals surface area (Å²) in [6.45, 7) is 5.37. The number of methoxy groups -OCH3 is 1. The van der Waals surface area contributed by atoms with Gasteiger partial charge in [-0.2, -0.15) is 0 Å². The van der Waals surface area contributed by atoms with E-state index in [1.165, 1.54) is 0 Å². The van der Waals surface area contributed by atoms with E-state index in [0.717, 1.165) is 24.3 Å². The van der Waals surface area contributed by atoms with E-state index in [4.69, 9.17) is 4.74 Å². The number of nitrogens with one attached hydrogen (secondary N) is 1. The summed E-state index contributed by atoms with van der Waals surface area (Å²) in [5.74, 6) is 1.34. The molecule has 1 heterocycles. The Bertz CT molecular complexity index is 351. The predicted octanol–water partition coefficient (Wildman–Crippen LogP) is 2.61. The maximum atomic E-state index is 5.29. The van der Waals surface area contributed by atoms with Gasteiger partial charge in [0.1, 0.15) is 5.69 Å². The monoisotopic (exact) mass is 237 g/mol. The van der Waals surface area contributed by atoms with Gasteiger partial charge in [0.25, 0.3) is 0 Å². The maximum absolute atomic E-state index is 5.29. The fourth-order valence-electron chi connectivity index (χ4n) is 1.61. The number of aromatic nitrogens is 1. The van der Waals surface area contributed by atoms with Crippen molar-refractivity contribution in [3.05, 3.63) is 12.3 Å². The number of hydrogen-bond donors (Lipinski definition) is 1. The molecule has 0 atom stereocenters. The van der Waals surface area contributed by atoms with Gasteiger partial charge in [0.05, 0.1) is 12.8 Å². The molecule has 0 aromatic carbocycles. The van der Waals surface area contributed by atoms with Crippen LogP contribution in [0.3, 0.4) is 0 Å². The van der Waals surface area contributed by atoms with Crippen LogP contribution in [-0.4, -0.2) is 32.7 Å². The van der Waals surface area contributed by atoms with Crippen LogP contribution in [0.25, 0.3) is 0 Å². The van der Waals surface area contributed by atoms with Gasteiger partial charge < -0.3 is 15.0 Å². The van der Waals surface area contributed by atoms with Gasteiger partial charge in [-0.1, -0.05) is 13.8 Å². The molecule has 0 fully saturated rings. The van der Waals surface area contributed by atoms with E-state index in [9.17, 15) is 0 Å². The molecule has 0 aliphatic heterocycles. The molecule has 0 unspecified atom stereocenters. The normalized spacial score (nSPS) is 10.5. The number of nitrogens with zero attached hydrogens (tertiary/aromatic N) is 2. The van der Waals surface area contributed by atoms with Crippen LogP contribution in [0.5, 0.6) is 5.88 Å². The molecule has 0 aliphatic rings. The summed E-state index contributed by atoms with van der Waals surface area (Å²) < 4.78 is 5.29. The van der Waals surface area contributed by atoms with Crippen molar-refractivity contribution < 1.29 is 4.74 Å². The summed E-state index contributed by atoms with van der Waals surface area (Å²) in [6.07, 6.45) is 2.90. The first-order chi connectivity index (χ1) is 8.06. The molecule has 0 aliphatic carbocycles. The number of hydrogen-bond acceptors (Lipinski definition) is 4. The van der Waals surface area contributed by atoms with Crippen LogP contribution in [0.4, 0.5) is 11.4 Å². The van der Waals surface area contributed by atoms with Crippen LogP contribution in [0, 0.1) is 5.92 Å². The average Bonchev–Trinajstić information content (AvgIpc) is 2.28. The summed E-state index contributed by atoms with van der Waals surface area (Å²) in [7, 11) is 5.68. The first-order valence-corrected chi connectivity index (χ1v) is 6.00. The van der Waals surface area contributed by atoms with Crippen LogP contribution in [0.1, 0.15) is 20.3 Å². The molecule has 0 amide bonds. The fourth-order valence-corrected chi connectivity index (χ4v) is 1.61. The predicted molar refractivity (Wildman–Crippen MR) is 73.1 cm³/mol. The van der Waals surface area contributed by atoms with Crippen molar-refractivity contribution in [2.45, 2.75) is 20.3 Å². The number of anilines is 2. The topological polar surface area (TPSA) is 37.4 Å². The molecule has 4 heteroatoms. The number of ether oxygens (including phenoxy) is 1. The lowest BCUT2D eigenvalue weighted by molar-refractivity contribution is 0.399. The van der Waals surface area contributed by atoms with Crippen molar-refractivity contribution >= 4 is 11.4 Å². The van der Waals surface area contributed by atoms with E-state index in [1.54, 1.807) is 13.3 Å². The van der Waals surface area contributed by atoms with Crippen LogP contribution in [0.2, 0.25) is 0 Å². The van der Waals surface area contributed by atoms with Gasteiger partial charge >= 0.3 is 0 Å². The highest BCUT2D eigenvalue weighted by atomic mass is 16.5. The molecule has 4 nitrogen and oxygen atoms in total. The maximum Gasteiger partial charge on any atom is 0.239 e. The van der Waals surface area contributed by atoms with E-state index in [1.807, 2.05) is 20.2 Å². The smallest absolute Gasteiger partial charge is 0.239 e. The van der Waals surface area contributed by atoms with Crippen molar-refractivity contribution in [3.8, 4) is 5.88 Å². The lowest BCUT2D eigenvalue weighted by Gasteiger charge is -2.20. The van der Waals surface area contributed by atoms with Gasteiger partial charge in [0.2, 0.25) is 5.88 Å². The number of pyridine rings is 1. The molecule has 0 saturated heterocycles. The Morgan fingerprint density at radius 1 is 1.41 bits per heavy atom. The highest BCUT2D eigenvalue weighted by Gasteiger charge is 2.11. The molecule has 1 aromatic heterocycles. The van der Waals surface area contributed by atoms with E-state index in [-0.39, 0.29) is 0 Å². The summed E-state index contributed by atoms with van der Waals surface area (Å²) >= 11 is 0. The molecule has 0 saturated carbocycles. The van der Waals surface area contributed by atoms with Gasteiger partial charge in [0, 0.05) is 26.8 Å². The Morgan fingerprint density at radius 2 is 2.12 bits per heavy atom. The first kappa shape index (κ1) is 13.6. The fraction of sp³-hybridized carbons (Fsp3) is 0.615. The Kier molecular flexibility index (Phi) is 5.07. The third-order valence-corrected chi connectivity index (χ3v) is 2.59. The van der Waals surface area contributed by atoms with Gasteiger partial charge in [-0.25, -0.2) is 4.98 Å². The highest BCUT2D eigenvalue weighted by molar-refractivity contribution is 5.74. The summed E-state index contributed by atoms with van der Waals surface area (Å²) in [5.41, 5.74) is 2.07. The zero-order valence-corrected chi connectivity index (χ0v) is 11.4. The average molecular weight is 237 g/mol. The molecule has 1 N–H and O–H groups in total. The Morgan fingerprint density at radius 3 is 2.65 bits per heavy atom. The zero-order chi connectivity index (χ0) is 12.8. The summed E-state index contributed by atoms with van der Waals surface area (Å²) in [5, 5.41) is 3.42. The summed E-state index contributed by atoms with van der Waals surface area (Å²) in [4.78, 5) is 6.28. The van der Waals surface area contributed by atoms with E-state index in [2.05, 4.69) is 29.0 Å². The molecule has 0 radical (unpaired) electrons. The molecular formula is C13H23N3O. The van der Waals surface area contributed by atoms with Crippen molar-refractivity contribution in [1.82, 2.24) is 4.98 Å². The van der Waals surface area contributed by atoms with Crippen molar-refractivity contribution in [1.29, 1.82) is 0 Å². The third kappa shape index (κ3) is 3.80. The molecule has 17 heavy (non-hydrogen) atoms. The minimum absolute atomic E-state index is 0.653. The van der Waals surface area contributed by atoms with Gasteiger partial charge in [-0.3, -0.25) is 0 Å². The van der Waals surface area contributed by atoms with Gasteiger partial charge in [-0.05, 0) is 18.4 Å². The van der Waals surface area contributed by atoms with Gasteiger partial charge in [-0.15, -0.1) is 0 Å². The van der Waals surface area contributed by atoms with Crippen molar-refractivity contribution in [3.63, 3.8) is 0 Å². The number of rotatable bonds is 6. The Balaban J connectivity index is 2.85. The molecular weight excluding hydrogens is 214 g/mol. The lowest BCUT2D eigenvalue weighted by atomic mass is 10.1. The minimum Gasteiger partial charge on any atom is -0.479 e. The molecule has 0 bridgehead atoms. The van der Waals surface area contributed by atoms with E-state index < -0.39 is 0 Å². The van der Waals surface area contributed by atoms with Gasteiger partial charge in [0.15, 0.2) is 0 Å². The SMILES string of the molecule is COc1nccc(N(C)C)c1NCCC(C)C. The molecule has 1 aromatic rings. The van der Waals surface area contributed by atoms with E-state index in [0.29, 0.717) is 11.8 Å². The van der Waals surface area contributed by atoms with E-state index >= 15 is 0 Å².